The number of urea groups is 1. The summed E-state index contributed by atoms with van der Waals surface area (Å²) in [4.78, 5) is 49.7. The first kappa shape index (κ1) is 21.8. The molecule has 8 nitrogen and oxygen atoms in total. The molecule has 1 atom stereocenters. The zero-order valence-corrected chi connectivity index (χ0v) is 17.5. The van der Waals surface area contributed by atoms with Crippen LogP contribution in [0.1, 0.15) is 63.9 Å². The van der Waals surface area contributed by atoms with Gasteiger partial charge in [-0.1, -0.05) is 38.8 Å². The first-order chi connectivity index (χ1) is 14.3. The van der Waals surface area contributed by atoms with Crippen molar-refractivity contribution in [3.8, 4) is 0 Å². The molecule has 1 aromatic carbocycles. The molecular formula is C22H29N3O5. The zero-order chi connectivity index (χ0) is 21.7. The maximum absolute atomic E-state index is 12.5. The van der Waals surface area contributed by atoms with Gasteiger partial charge in [-0.25, -0.2) is 4.79 Å². The van der Waals surface area contributed by atoms with Crippen LogP contribution in [0.2, 0.25) is 0 Å². The van der Waals surface area contributed by atoms with E-state index in [-0.39, 0.29) is 18.9 Å². The summed E-state index contributed by atoms with van der Waals surface area (Å²) in [6.07, 6.45) is 3.96. The number of imide groups is 1. The lowest BCUT2D eigenvalue weighted by atomic mass is 9.98. The fraction of sp³-hybridized carbons (Fsp3) is 0.545. The minimum Gasteiger partial charge on any atom is -0.456 e. The molecule has 0 unspecified atom stereocenters. The molecule has 162 valence electrons. The van der Waals surface area contributed by atoms with Gasteiger partial charge in [0, 0.05) is 12.2 Å². The molecule has 2 fully saturated rings. The Bertz CT molecular complexity index is 815. The summed E-state index contributed by atoms with van der Waals surface area (Å²) in [7, 11) is 0. The standard InChI is InChI=1S/C22H29N3O5/c1-3-15(2)16-6-8-17(9-7-16)23-18(26)14-30-19(27)10-13-25-20(28)22(24-21(25)29)11-4-5-12-22/h6-9,15H,3-5,10-14H2,1-2H3,(H,23,26)(H,24,29)/t15-/m0/s1. The predicted octanol–water partition coefficient (Wildman–Crippen LogP) is 2.94. The summed E-state index contributed by atoms with van der Waals surface area (Å²) in [6, 6.07) is 7.10. The van der Waals surface area contributed by atoms with Gasteiger partial charge in [-0.15, -0.1) is 0 Å². The van der Waals surface area contributed by atoms with Crippen LogP contribution in [0.5, 0.6) is 0 Å². The van der Waals surface area contributed by atoms with E-state index >= 15 is 0 Å². The third-order valence-electron chi connectivity index (χ3n) is 5.98. The second-order valence-corrected chi connectivity index (χ2v) is 8.07. The molecule has 2 N–H and O–H groups in total. The van der Waals surface area contributed by atoms with Gasteiger partial charge in [0.25, 0.3) is 11.8 Å². The van der Waals surface area contributed by atoms with Gasteiger partial charge in [-0.2, -0.15) is 0 Å². The molecule has 1 spiro atoms. The number of nitrogens with one attached hydrogen (secondary N) is 2. The van der Waals surface area contributed by atoms with Gasteiger partial charge >= 0.3 is 12.0 Å². The molecule has 3 rings (SSSR count). The summed E-state index contributed by atoms with van der Waals surface area (Å²) >= 11 is 0. The lowest BCUT2D eigenvalue weighted by Gasteiger charge is -2.19. The number of hydrogen-bond acceptors (Lipinski definition) is 5. The first-order valence-corrected chi connectivity index (χ1v) is 10.5. The molecule has 0 aromatic heterocycles. The van der Waals surface area contributed by atoms with E-state index in [1.54, 1.807) is 0 Å². The van der Waals surface area contributed by atoms with Crippen LogP contribution in [0.25, 0.3) is 0 Å². The largest absolute Gasteiger partial charge is 0.456 e. The van der Waals surface area contributed by atoms with E-state index in [0.29, 0.717) is 24.4 Å². The summed E-state index contributed by atoms with van der Waals surface area (Å²) in [6.45, 7) is 3.79. The number of carbonyl (C=O) groups is 4. The molecule has 1 saturated heterocycles. The van der Waals surface area contributed by atoms with E-state index in [4.69, 9.17) is 4.74 Å². The van der Waals surface area contributed by atoms with Crippen molar-refractivity contribution in [2.75, 3.05) is 18.5 Å². The number of carbonyl (C=O) groups excluding carboxylic acids is 4. The lowest BCUT2D eigenvalue weighted by molar-refractivity contribution is -0.147. The van der Waals surface area contributed by atoms with Crippen molar-refractivity contribution < 1.29 is 23.9 Å². The molecule has 1 aliphatic carbocycles. The minimum atomic E-state index is -0.786. The molecule has 1 saturated carbocycles. The van der Waals surface area contributed by atoms with E-state index in [2.05, 4.69) is 24.5 Å². The molecule has 0 bridgehead atoms. The fourth-order valence-electron chi connectivity index (χ4n) is 3.95. The highest BCUT2D eigenvalue weighted by molar-refractivity contribution is 6.07. The number of ether oxygens (including phenoxy) is 1. The number of anilines is 1. The Morgan fingerprint density at radius 2 is 1.87 bits per heavy atom. The van der Waals surface area contributed by atoms with E-state index in [1.807, 2.05) is 24.3 Å². The van der Waals surface area contributed by atoms with Crippen LogP contribution in [-0.4, -0.2) is 47.4 Å². The van der Waals surface area contributed by atoms with Gasteiger partial charge in [0.05, 0.1) is 6.42 Å². The number of rotatable bonds is 8. The second-order valence-electron chi connectivity index (χ2n) is 8.07. The predicted molar refractivity (Wildman–Crippen MR) is 111 cm³/mol. The Hall–Kier alpha value is -2.90. The summed E-state index contributed by atoms with van der Waals surface area (Å²) < 4.78 is 4.98. The molecular weight excluding hydrogens is 386 g/mol. The van der Waals surface area contributed by atoms with Gasteiger partial charge in [0.15, 0.2) is 6.61 Å². The maximum atomic E-state index is 12.5. The maximum Gasteiger partial charge on any atom is 0.325 e. The second kappa shape index (κ2) is 9.28. The van der Waals surface area contributed by atoms with Crippen molar-refractivity contribution in [3.05, 3.63) is 29.8 Å². The van der Waals surface area contributed by atoms with E-state index in [9.17, 15) is 19.2 Å². The average Bonchev–Trinajstić information content (AvgIpc) is 3.30. The highest BCUT2D eigenvalue weighted by Crippen LogP contribution is 2.35. The molecule has 30 heavy (non-hydrogen) atoms. The van der Waals surface area contributed by atoms with Crippen LogP contribution < -0.4 is 10.6 Å². The van der Waals surface area contributed by atoms with Crippen molar-refractivity contribution in [3.63, 3.8) is 0 Å². The fourth-order valence-corrected chi connectivity index (χ4v) is 3.95. The van der Waals surface area contributed by atoms with Crippen LogP contribution in [0, 0.1) is 0 Å². The van der Waals surface area contributed by atoms with Gasteiger partial charge in [-0.3, -0.25) is 19.3 Å². The van der Waals surface area contributed by atoms with Crippen molar-refractivity contribution in [1.29, 1.82) is 0 Å². The molecule has 0 radical (unpaired) electrons. The third-order valence-corrected chi connectivity index (χ3v) is 5.98. The minimum absolute atomic E-state index is 0.0516. The van der Waals surface area contributed by atoms with Crippen LogP contribution in [0.15, 0.2) is 24.3 Å². The van der Waals surface area contributed by atoms with Crippen LogP contribution in [-0.2, 0) is 19.1 Å². The van der Waals surface area contributed by atoms with Crippen LogP contribution in [0.3, 0.4) is 0 Å². The van der Waals surface area contributed by atoms with Crippen molar-refractivity contribution in [2.24, 2.45) is 0 Å². The van der Waals surface area contributed by atoms with E-state index in [0.717, 1.165) is 24.2 Å². The molecule has 1 heterocycles. The summed E-state index contributed by atoms with van der Waals surface area (Å²) in [5.41, 5.74) is 1.04. The molecule has 2 aliphatic rings. The summed E-state index contributed by atoms with van der Waals surface area (Å²) in [5.74, 6) is -0.898. The van der Waals surface area contributed by atoms with Gasteiger partial charge in [0.2, 0.25) is 0 Å². The Balaban J connectivity index is 1.41. The van der Waals surface area contributed by atoms with Gasteiger partial charge in [0.1, 0.15) is 5.54 Å². The Morgan fingerprint density at radius 3 is 2.50 bits per heavy atom. The van der Waals surface area contributed by atoms with Gasteiger partial charge in [-0.05, 0) is 42.9 Å². The monoisotopic (exact) mass is 415 g/mol. The van der Waals surface area contributed by atoms with E-state index in [1.165, 1.54) is 5.56 Å². The number of hydrogen-bond donors (Lipinski definition) is 2. The third kappa shape index (κ3) is 4.80. The molecule has 4 amide bonds. The van der Waals surface area contributed by atoms with Crippen LogP contribution >= 0.6 is 0 Å². The normalized spacial score (nSPS) is 18.4. The number of benzene rings is 1. The van der Waals surface area contributed by atoms with Crippen LogP contribution in [0.4, 0.5) is 10.5 Å². The number of nitrogens with zero attached hydrogens (tertiary/aromatic N) is 1. The summed E-state index contributed by atoms with van der Waals surface area (Å²) in [5, 5.41) is 5.45. The Kier molecular flexibility index (Phi) is 6.74. The smallest absolute Gasteiger partial charge is 0.325 e. The van der Waals surface area contributed by atoms with Crippen molar-refractivity contribution in [1.82, 2.24) is 10.2 Å². The average molecular weight is 415 g/mol. The van der Waals surface area contributed by atoms with Crippen molar-refractivity contribution in [2.45, 2.75) is 63.8 Å². The highest BCUT2D eigenvalue weighted by atomic mass is 16.5. The Labute approximate surface area is 176 Å². The van der Waals surface area contributed by atoms with Gasteiger partial charge < -0.3 is 15.4 Å². The zero-order valence-electron chi connectivity index (χ0n) is 17.5. The van der Waals surface area contributed by atoms with Crippen molar-refractivity contribution >= 4 is 29.5 Å². The molecule has 1 aromatic rings. The van der Waals surface area contributed by atoms with E-state index < -0.39 is 30.1 Å². The first-order valence-electron chi connectivity index (χ1n) is 10.5. The SMILES string of the molecule is CC[C@H](C)c1ccc(NC(=O)COC(=O)CCN2C(=O)NC3(CCCC3)C2=O)cc1. The molecule has 8 heteroatoms. The Morgan fingerprint density at radius 1 is 1.20 bits per heavy atom. The molecule has 1 aliphatic heterocycles. The highest BCUT2D eigenvalue weighted by Gasteiger charge is 2.52. The lowest BCUT2D eigenvalue weighted by Crippen LogP contribution is -2.44. The topological polar surface area (TPSA) is 105 Å². The quantitative estimate of drug-likeness (QED) is 0.502. The number of esters is 1. The number of amides is 4.